The summed E-state index contributed by atoms with van der Waals surface area (Å²) in [5.74, 6) is 0.222. The van der Waals surface area contributed by atoms with E-state index in [4.69, 9.17) is 0 Å². The van der Waals surface area contributed by atoms with Crippen LogP contribution in [0.5, 0.6) is 0 Å². The van der Waals surface area contributed by atoms with Gasteiger partial charge in [0, 0.05) is 11.4 Å². The summed E-state index contributed by atoms with van der Waals surface area (Å²) in [4.78, 5) is 1.06. The first-order chi connectivity index (χ1) is 8.88. The lowest BCUT2D eigenvalue weighted by atomic mass is 10.0. The van der Waals surface area contributed by atoms with Gasteiger partial charge in [0.25, 0.3) is 0 Å². The molecule has 0 fully saturated rings. The molecule has 0 bridgehead atoms. The van der Waals surface area contributed by atoms with Gasteiger partial charge in [-0.2, -0.15) is 0 Å². The monoisotopic (exact) mass is 304 g/mol. The second-order valence-corrected chi connectivity index (χ2v) is 8.13. The number of hydrogen-bond donors (Lipinski definition) is 2. The average molecular weight is 304 g/mol. The molecular formula is C13H24N2O2S2. The quantitative estimate of drug-likeness (QED) is 0.775. The molecule has 0 saturated carbocycles. The van der Waals surface area contributed by atoms with E-state index >= 15 is 0 Å². The molecule has 0 radical (unpaired) electrons. The zero-order chi connectivity index (χ0) is 14.5. The second-order valence-electron chi connectivity index (χ2n) is 5.02. The van der Waals surface area contributed by atoms with Crippen LogP contribution in [0.4, 0.5) is 0 Å². The molecule has 0 aromatic carbocycles. The Kier molecular flexibility index (Phi) is 6.46. The molecular weight excluding hydrogens is 280 g/mol. The first kappa shape index (κ1) is 16.6. The number of nitrogens with one attached hydrogen (secondary N) is 2. The summed E-state index contributed by atoms with van der Waals surface area (Å²) in [6, 6.07) is 3.78. The summed E-state index contributed by atoms with van der Waals surface area (Å²) in [6.07, 6.45) is 0. The summed E-state index contributed by atoms with van der Waals surface area (Å²) in [5.41, 5.74) is 0. The largest absolute Gasteiger partial charge is 0.316 e. The fourth-order valence-corrected chi connectivity index (χ4v) is 4.09. The third-order valence-electron chi connectivity index (χ3n) is 3.02. The highest BCUT2D eigenvalue weighted by molar-refractivity contribution is 7.90. The molecule has 0 saturated heterocycles. The maximum atomic E-state index is 12.3. The summed E-state index contributed by atoms with van der Waals surface area (Å²) < 4.78 is 27.4. The number of sulfonamides is 1. The van der Waals surface area contributed by atoms with Crippen LogP contribution in [-0.4, -0.2) is 26.8 Å². The highest BCUT2D eigenvalue weighted by Crippen LogP contribution is 2.26. The van der Waals surface area contributed by atoms with Crippen molar-refractivity contribution in [3.63, 3.8) is 0 Å². The van der Waals surface area contributed by atoms with Gasteiger partial charge in [-0.25, -0.2) is 13.1 Å². The molecule has 2 atom stereocenters. The van der Waals surface area contributed by atoms with Crippen LogP contribution in [0.1, 0.15) is 38.6 Å². The minimum Gasteiger partial charge on any atom is -0.316 e. The smallest absolute Gasteiger partial charge is 0.216 e. The molecule has 0 aliphatic rings. The highest BCUT2D eigenvalue weighted by atomic mass is 32.2. The van der Waals surface area contributed by atoms with Crippen LogP contribution >= 0.6 is 11.3 Å². The molecule has 110 valence electrons. The molecule has 0 aliphatic carbocycles. The number of thiophene rings is 1. The Morgan fingerprint density at radius 2 is 2.00 bits per heavy atom. The Bertz CT molecular complexity index is 455. The van der Waals surface area contributed by atoms with E-state index in [1.165, 1.54) is 0 Å². The summed E-state index contributed by atoms with van der Waals surface area (Å²) in [7, 11) is -3.31. The Hall–Kier alpha value is -0.430. The van der Waals surface area contributed by atoms with Gasteiger partial charge in [-0.3, -0.25) is 0 Å². The predicted octanol–water partition coefficient (Wildman–Crippen LogP) is 2.36. The van der Waals surface area contributed by atoms with Gasteiger partial charge >= 0.3 is 0 Å². The molecule has 1 aromatic heterocycles. The van der Waals surface area contributed by atoms with Crippen molar-refractivity contribution in [1.82, 2.24) is 10.0 Å². The van der Waals surface area contributed by atoms with Crippen molar-refractivity contribution in [3.05, 3.63) is 22.4 Å². The summed E-state index contributed by atoms with van der Waals surface area (Å²) in [5, 5.41) is 4.61. The first-order valence-corrected chi connectivity index (χ1v) is 9.06. The van der Waals surface area contributed by atoms with E-state index in [9.17, 15) is 8.42 Å². The van der Waals surface area contributed by atoms with Gasteiger partial charge in [0.1, 0.15) is 0 Å². The number of rotatable bonds is 8. The third kappa shape index (κ3) is 4.87. The SMILES string of the molecule is CCNCC(C)S(=O)(=O)NC(c1cccs1)C(C)C. The maximum Gasteiger partial charge on any atom is 0.216 e. The predicted molar refractivity (Wildman–Crippen MR) is 82.0 cm³/mol. The minimum absolute atomic E-state index is 0.144. The molecule has 0 spiro atoms. The molecule has 6 heteroatoms. The Labute approximate surface area is 120 Å². The summed E-state index contributed by atoms with van der Waals surface area (Å²) in [6.45, 7) is 9.01. The van der Waals surface area contributed by atoms with Crippen LogP contribution in [-0.2, 0) is 10.0 Å². The molecule has 1 rings (SSSR count). The van der Waals surface area contributed by atoms with Crippen LogP contribution in [0.3, 0.4) is 0 Å². The van der Waals surface area contributed by atoms with E-state index in [0.29, 0.717) is 6.54 Å². The Morgan fingerprint density at radius 1 is 1.32 bits per heavy atom. The lowest BCUT2D eigenvalue weighted by Crippen LogP contribution is -2.41. The third-order valence-corrected chi connectivity index (χ3v) is 5.78. The normalized spacial score (nSPS) is 15.6. The zero-order valence-electron chi connectivity index (χ0n) is 12.0. The van der Waals surface area contributed by atoms with E-state index in [2.05, 4.69) is 10.0 Å². The van der Waals surface area contributed by atoms with E-state index in [0.717, 1.165) is 11.4 Å². The topological polar surface area (TPSA) is 58.2 Å². The molecule has 19 heavy (non-hydrogen) atoms. The minimum atomic E-state index is -3.31. The average Bonchev–Trinajstić information content (AvgIpc) is 2.86. The van der Waals surface area contributed by atoms with E-state index in [1.807, 2.05) is 38.3 Å². The van der Waals surface area contributed by atoms with Gasteiger partial charge in [0.15, 0.2) is 0 Å². The van der Waals surface area contributed by atoms with E-state index in [1.54, 1.807) is 18.3 Å². The standard InChI is InChI=1S/C13H24N2O2S2/c1-5-14-9-11(4)19(16,17)15-13(10(2)3)12-7-6-8-18-12/h6-8,10-11,13-15H,5,9H2,1-4H3. The first-order valence-electron chi connectivity index (χ1n) is 6.63. The van der Waals surface area contributed by atoms with Crippen LogP contribution in [0.15, 0.2) is 17.5 Å². The van der Waals surface area contributed by atoms with Gasteiger partial charge in [0.2, 0.25) is 10.0 Å². The van der Waals surface area contributed by atoms with Crippen LogP contribution in [0.2, 0.25) is 0 Å². The van der Waals surface area contributed by atoms with Gasteiger partial charge < -0.3 is 5.32 Å². The summed E-state index contributed by atoms with van der Waals surface area (Å²) >= 11 is 1.59. The van der Waals surface area contributed by atoms with E-state index < -0.39 is 15.3 Å². The van der Waals surface area contributed by atoms with Crippen molar-refractivity contribution < 1.29 is 8.42 Å². The van der Waals surface area contributed by atoms with E-state index in [-0.39, 0.29) is 12.0 Å². The lowest BCUT2D eigenvalue weighted by Gasteiger charge is -2.23. The van der Waals surface area contributed by atoms with Crippen molar-refractivity contribution in [1.29, 1.82) is 0 Å². The molecule has 1 aromatic rings. The lowest BCUT2D eigenvalue weighted by molar-refractivity contribution is 0.463. The van der Waals surface area contributed by atoms with Gasteiger partial charge in [-0.15, -0.1) is 11.3 Å². The van der Waals surface area contributed by atoms with Crippen LogP contribution in [0.25, 0.3) is 0 Å². The van der Waals surface area contributed by atoms with Crippen molar-refractivity contribution in [2.45, 2.75) is 39.0 Å². The van der Waals surface area contributed by atoms with Gasteiger partial charge in [0.05, 0.1) is 11.3 Å². The molecule has 0 amide bonds. The van der Waals surface area contributed by atoms with Crippen molar-refractivity contribution in [2.24, 2.45) is 5.92 Å². The second kappa shape index (κ2) is 7.38. The van der Waals surface area contributed by atoms with Crippen molar-refractivity contribution in [3.8, 4) is 0 Å². The molecule has 2 N–H and O–H groups in total. The zero-order valence-corrected chi connectivity index (χ0v) is 13.6. The van der Waals surface area contributed by atoms with Crippen molar-refractivity contribution >= 4 is 21.4 Å². The Morgan fingerprint density at radius 3 is 2.47 bits per heavy atom. The molecule has 0 aliphatic heterocycles. The van der Waals surface area contributed by atoms with Crippen molar-refractivity contribution in [2.75, 3.05) is 13.1 Å². The van der Waals surface area contributed by atoms with Crippen LogP contribution < -0.4 is 10.0 Å². The van der Waals surface area contributed by atoms with Crippen LogP contribution in [0, 0.1) is 5.92 Å². The van der Waals surface area contributed by atoms with Gasteiger partial charge in [-0.1, -0.05) is 26.8 Å². The molecule has 2 unspecified atom stereocenters. The fraction of sp³-hybridized carbons (Fsp3) is 0.692. The van der Waals surface area contributed by atoms with Gasteiger partial charge in [-0.05, 0) is 30.8 Å². The molecule has 1 heterocycles. The number of hydrogen-bond acceptors (Lipinski definition) is 4. The fourth-order valence-electron chi connectivity index (χ4n) is 1.74. The highest BCUT2D eigenvalue weighted by Gasteiger charge is 2.27. The maximum absolute atomic E-state index is 12.3. The molecule has 4 nitrogen and oxygen atoms in total. The Balaban J connectivity index is 2.79.